The molecule has 3 rings (SSSR count). The predicted molar refractivity (Wildman–Crippen MR) is 78.2 cm³/mol. The molecule has 0 radical (unpaired) electrons. The summed E-state index contributed by atoms with van der Waals surface area (Å²) in [6.45, 7) is 3.05. The van der Waals surface area contributed by atoms with E-state index in [2.05, 4.69) is 15.2 Å². The molecule has 7 nitrogen and oxygen atoms in total. The molecule has 9 heteroatoms. The number of aromatic amines is 1. The Balaban J connectivity index is 2.00. The van der Waals surface area contributed by atoms with Crippen molar-refractivity contribution in [3.05, 3.63) is 27.8 Å². The average molecular weight is 310 g/mol. The molecule has 0 aliphatic heterocycles. The molecule has 3 N–H and O–H groups in total. The van der Waals surface area contributed by atoms with Gasteiger partial charge in [-0.1, -0.05) is 6.92 Å². The number of nitrogens with one attached hydrogen (secondary N) is 1. The van der Waals surface area contributed by atoms with Gasteiger partial charge in [-0.25, -0.2) is 14.9 Å². The van der Waals surface area contributed by atoms with Crippen LogP contribution in [0.25, 0.3) is 4.96 Å². The van der Waals surface area contributed by atoms with E-state index in [-0.39, 0.29) is 5.69 Å². The standard InChI is InChI=1S/C11H14N6OS2/c1-2-3-17-9(18)14-15-11(17)20-8-7(6-12)16-4-5-19-10(16)13-8/h4-5H,2-3,6,12H2,1H3,(H,14,18). The van der Waals surface area contributed by atoms with Crippen LogP contribution >= 0.6 is 23.1 Å². The molecule has 106 valence electrons. The van der Waals surface area contributed by atoms with Gasteiger partial charge in [0.05, 0.1) is 5.69 Å². The minimum absolute atomic E-state index is 0.190. The number of fused-ring (bicyclic) bond motifs is 1. The number of hydrogen-bond acceptors (Lipinski definition) is 6. The molecule has 0 atom stereocenters. The molecule has 20 heavy (non-hydrogen) atoms. The Morgan fingerprint density at radius 3 is 3.15 bits per heavy atom. The molecule has 0 unspecified atom stereocenters. The second kappa shape index (κ2) is 5.43. The van der Waals surface area contributed by atoms with Gasteiger partial charge in [0.15, 0.2) is 10.1 Å². The van der Waals surface area contributed by atoms with Gasteiger partial charge in [0.1, 0.15) is 5.03 Å². The summed E-state index contributed by atoms with van der Waals surface area (Å²) in [5.41, 5.74) is 6.55. The topological polar surface area (TPSA) is 94.0 Å². The van der Waals surface area contributed by atoms with Crippen molar-refractivity contribution in [2.24, 2.45) is 5.73 Å². The zero-order chi connectivity index (χ0) is 14.1. The van der Waals surface area contributed by atoms with Crippen molar-refractivity contribution in [2.45, 2.75) is 36.6 Å². The van der Waals surface area contributed by atoms with Gasteiger partial charge in [0.25, 0.3) is 0 Å². The number of thiazole rings is 1. The van der Waals surface area contributed by atoms with E-state index in [0.29, 0.717) is 18.2 Å². The van der Waals surface area contributed by atoms with Gasteiger partial charge in [-0.05, 0) is 18.2 Å². The number of nitrogens with zero attached hydrogens (tertiary/aromatic N) is 4. The van der Waals surface area contributed by atoms with Gasteiger partial charge in [-0.3, -0.25) is 8.97 Å². The number of rotatable bonds is 5. The molecule has 0 saturated heterocycles. The summed E-state index contributed by atoms with van der Waals surface area (Å²) in [7, 11) is 0. The third-order valence-electron chi connectivity index (χ3n) is 2.88. The monoisotopic (exact) mass is 310 g/mol. The molecule has 0 fully saturated rings. The highest BCUT2D eigenvalue weighted by molar-refractivity contribution is 7.99. The fourth-order valence-corrected chi connectivity index (χ4v) is 3.74. The molecule has 0 aromatic carbocycles. The van der Waals surface area contributed by atoms with Crippen molar-refractivity contribution in [1.29, 1.82) is 0 Å². The Hall–Kier alpha value is -1.58. The van der Waals surface area contributed by atoms with Crippen LogP contribution in [0.5, 0.6) is 0 Å². The van der Waals surface area contributed by atoms with Gasteiger partial charge < -0.3 is 5.73 Å². The molecular formula is C11H14N6OS2. The number of imidazole rings is 1. The zero-order valence-corrected chi connectivity index (χ0v) is 12.5. The van der Waals surface area contributed by atoms with E-state index < -0.39 is 0 Å². The van der Waals surface area contributed by atoms with Crippen LogP contribution in [0.4, 0.5) is 0 Å². The molecule has 3 aromatic heterocycles. The lowest BCUT2D eigenvalue weighted by Gasteiger charge is -2.03. The van der Waals surface area contributed by atoms with Gasteiger partial charge in [0.2, 0.25) is 0 Å². The largest absolute Gasteiger partial charge is 0.343 e. The van der Waals surface area contributed by atoms with Crippen LogP contribution in [-0.4, -0.2) is 24.1 Å². The lowest BCUT2D eigenvalue weighted by molar-refractivity contribution is 0.603. The maximum absolute atomic E-state index is 11.7. The summed E-state index contributed by atoms with van der Waals surface area (Å²) in [5, 5.41) is 9.94. The second-order valence-electron chi connectivity index (χ2n) is 4.19. The van der Waals surface area contributed by atoms with E-state index in [1.54, 1.807) is 15.9 Å². The maximum atomic E-state index is 11.7. The first kappa shape index (κ1) is 13.4. The van der Waals surface area contributed by atoms with Crippen LogP contribution in [0, 0.1) is 0 Å². The fourth-order valence-electron chi connectivity index (χ4n) is 1.97. The first-order valence-electron chi connectivity index (χ1n) is 6.22. The molecule has 0 aliphatic rings. The molecule has 0 saturated carbocycles. The van der Waals surface area contributed by atoms with Crippen LogP contribution in [0.1, 0.15) is 19.0 Å². The Kier molecular flexibility index (Phi) is 3.64. The Labute approximate surface area is 122 Å². The molecule has 0 spiro atoms. The summed E-state index contributed by atoms with van der Waals surface area (Å²) >= 11 is 2.93. The highest BCUT2D eigenvalue weighted by atomic mass is 32.2. The summed E-state index contributed by atoms with van der Waals surface area (Å²) < 4.78 is 3.60. The fraction of sp³-hybridized carbons (Fsp3) is 0.364. The number of nitrogens with two attached hydrogens (primary N) is 1. The van der Waals surface area contributed by atoms with Crippen molar-refractivity contribution in [3.8, 4) is 0 Å². The summed E-state index contributed by atoms with van der Waals surface area (Å²) in [4.78, 5) is 17.1. The normalized spacial score (nSPS) is 11.5. The van der Waals surface area contributed by atoms with Gasteiger partial charge in [-0.2, -0.15) is 0 Å². The van der Waals surface area contributed by atoms with Crippen LogP contribution in [0.2, 0.25) is 0 Å². The van der Waals surface area contributed by atoms with Crippen LogP contribution in [-0.2, 0) is 13.1 Å². The lowest BCUT2D eigenvalue weighted by Crippen LogP contribution is -2.17. The second-order valence-corrected chi connectivity index (χ2v) is 6.02. The Morgan fingerprint density at radius 1 is 1.55 bits per heavy atom. The van der Waals surface area contributed by atoms with Crippen molar-refractivity contribution in [2.75, 3.05) is 0 Å². The van der Waals surface area contributed by atoms with Crippen LogP contribution < -0.4 is 11.4 Å². The minimum atomic E-state index is -0.190. The van der Waals surface area contributed by atoms with E-state index in [1.807, 2.05) is 22.9 Å². The Bertz CT molecular complexity index is 782. The highest BCUT2D eigenvalue weighted by Gasteiger charge is 2.17. The highest BCUT2D eigenvalue weighted by Crippen LogP contribution is 2.29. The molecule has 3 heterocycles. The smallest absolute Gasteiger partial charge is 0.325 e. The molecule has 0 amide bonds. The molecular weight excluding hydrogens is 296 g/mol. The minimum Gasteiger partial charge on any atom is -0.325 e. The van der Waals surface area contributed by atoms with E-state index in [9.17, 15) is 4.79 Å². The van der Waals surface area contributed by atoms with E-state index in [4.69, 9.17) is 5.73 Å². The van der Waals surface area contributed by atoms with Crippen LogP contribution in [0.3, 0.4) is 0 Å². The predicted octanol–water partition coefficient (Wildman–Crippen LogP) is 1.30. The Morgan fingerprint density at radius 2 is 2.40 bits per heavy atom. The number of hydrogen-bond donors (Lipinski definition) is 2. The summed E-state index contributed by atoms with van der Waals surface area (Å²) in [6, 6.07) is 0. The maximum Gasteiger partial charge on any atom is 0.343 e. The third-order valence-corrected chi connectivity index (χ3v) is 4.65. The quantitative estimate of drug-likeness (QED) is 0.741. The van der Waals surface area contributed by atoms with Crippen LogP contribution in [0.15, 0.2) is 26.6 Å². The van der Waals surface area contributed by atoms with Crippen molar-refractivity contribution in [3.63, 3.8) is 0 Å². The molecule has 0 bridgehead atoms. The number of aromatic nitrogens is 5. The molecule has 0 aliphatic carbocycles. The summed E-state index contributed by atoms with van der Waals surface area (Å²) in [6.07, 6.45) is 2.82. The SMILES string of the molecule is CCCn1c(Sc2nc3sccn3c2CN)n[nH]c1=O. The van der Waals surface area contributed by atoms with Crippen molar-refractivity contribution >= 4 is 28.1 Å². The first-order chi connectivity index (χ1) is 9.74. The third kappa shape index (κ3) is 2.17. The van der Waals surface area contributed by atoms with Crippen molar-refractivity contribution < 1.29 is 0 Å². The average Bonchev–Trinajstić information content (AvgIpc) is 3.08. The summed E-state index contributed by atoms with van der Waals surface area (Å²) in [5.74, 6) is 0. The number of H-pyrrole nitrogens is 1. The van der Waals surface area contributed by atoms with Gasteiger partial charge in [0, 0.05) is 24.7 Å². The van der Waals surface area contributed by atoms with Gasteiger partial charge >= 0.3 is 5.69 Å². The first-order valence-corrected chi connectivity index (χ1v) is 7.91. The van der Waals surface area contributed by atoms with E-state index >= 15 is 0 Å². The van der Waals surface area contributed by atoms with Crippen molar-refractivity contribution in [1.82, 2.24) is 24.1 Å². The van der Waals surface area contributed by atoms with E-state index in [1.165, 1.54) is 11.8 Å². The van der Waals surface area contributed by atoms with Gasteiger partial charge in [-0.15, -0.1) is 16.4 Å². The van der Waals surface area contributed by atoms with E-state index in [0.717, 1.165) is 22.1 Å². The zero-order valence-electron chi connectivity index (χ0n) is 10.9. The molecule has 3 aromatic rings. The lowest BCUT2D eigenvalue weighted by atomic mass is 10.5.